The predicted octanol–water partition coefficient (Wildman–Crippen LogP) is 1.21. The number of hydrogen-bond donors (Lipinski definition) is 2. The Bertz CT molecular complexity index is 470. The van der Waals surface area contributed by atoms with Crippen molar-refractivity contribution in [3.63, 3.8) is 0 Å². The molecule has 1 aliphatic rings. The van der Waals surface area contributed by atoms with Gasteiger partial charge in [0.05, 0.1) is 12.7 Å². The van der Waals surface area contributed by atoms with E-state index in [2.05, 4.69) is 0 Å². The summed E-state index contributed by atoms with van der Waals surface area (Å²) < 4.78 is 5.01. The first-order valence-electron chi connectivity index (χ1n) is 6.40. The summed E-state index contributed by atoms with van der Waals surface area (Å²) in [4.78, 5) is 13.9. The molecule has 0 unspecified atom stereocenters. The number of para-hydroxylation sites is 1. The van der Waals surface area contributed by atoms with Gasteiger partial charge in [0.1, 0.15) is 0 Å². The van der Waals surface area contributed by atoms with Gasteiger partial charge in [0.2, 0.25) is 0 Å². The van der Waals surface area contributed by atoms with Gasteiger partial charge in [-0.15, -0.1) is 0 Å². The smallest absolute Gasteiger partial charge is 0.257 e. The van der Waals surface area contributed by atoms with Crippen LogP contribution >= 0.6 is 0 Å². The number of carbonyl (C=O) groups excluding carboxylic acids is 1. The van der Waals surface area contributed by atoms with E-state index < -0.39 is 0 Å². The highest BCUT2D eigenvalue weighted by Crippen LogP contribution is 2.31. The molecule has 0 bridgehead atoms. The SMILES string of the molecule is COc1cccc(C(=O)N(C)CC2CC(N)C2)c1O. The van der Waals surface area contributed by atoms with E-state index in [-0.39, 0.29) is 23.3 Å². The van der Waals surface area contributed by atoms with Gasteiger partial charge < -0.3 is 20.5 Å². The summed E-state index contributed by atoms with van der Waals surface area (Å²) in [5.74, 6) is 0.477. The molecule has 0 spiro atoms. The fourth-order valence-corrected chi connectivity index (χ4v) is 2.47. The van der Waals surface area contributed by atoms with Gasteiger partial charge in [0.25, 0.3) is 5.91 Å². The molecule has 2 rings (SSSR count). The number of phenols is 1. The zero-order valence-electron chi connectivity index (χ0n) is 11.3. The topological polar surface area (TPSA) is 75.8 Å². The Hall–Kier alpha value is -1.75. The number of rotatable bonds is 4. The number of amides is 1. The summed E-state index contributed by atoms with van der Waals surface area (Å²) in [5.41, 5.74) is 6.00. The van der Waals surface area contributed by atoms with Crippen LogP contribution in [0.5, 0.6) is 11.5 Å². The number of ether oxygens (including phenoxy) is 1. The molecule has 1 amide bonds. The quantitative estimate of drug-likeness (QED) is 0.857. The molecule has 1 fully saturated rings. The average molecular weight is 264 g/mol. The first-order chi connectivity index (χ1) is 9.02. The highest BCUT2D eigenvalue weighted by Gasteiger charge is 2.29. The standard InChI is InChI=1S/C14H20N2O3/c1-16(8-9-6-10(15)7-9)14(18)11-4-3-5-12(19-2)13(11)17/h3-5,9-10,17H,6-8,15H2,1-2H3. The second-order valence-electron chi connectivity index (χ2n) is 5.14. The maximum Gasteiger partial charge on any atom is 0.257 e. The molecule has 0 saturated heterocycles. The molecule has 5 nitrogen and oxygen atoms in total. The molecule has 1 saturated carbocycles. The van der Waals surface area contributed by atoms with Crippen molar-refractivity contribution < 1.29 is 14.6 Å². The van der Waals surface area contributed by atoms with Gasteiger partial charge in [0, 0.05) is 19.6 Å². The fourth-order valence-electron chi connectivity index (χ4n) is 2.47. The molecule has 0 heterocycles. The number of benzene rings is 1. The Kier molecular flexibility index (Phi) is 3.95. The van der Waals surface area contributed by atoms with Crippen molar-refractivity contribution in [3.8, 4) is 11.5 Å². The van der Waals surface area contributed by atoms with Crippen molar-refractivity contribution in [3.05, 3.63) is 23.8 Å². The van der Waals surface area contributed by atoms with Crippen LogP contribution in [0.4, 0.5) is 0 Å². The largest absolute Gasteiger partial charge is 0.504 e. The summed E-state index contributed by atoms with van der Waals surface area (Å²) in [6.45, 7) is 0.670. The Labute approximate surface area is 113 Å². The number of nitrogens with zero attached hydrogens (tertiary/aromatic N) is 1. The number of methoxy groups -OCH3 is 1. The number of phenolic OH excluding ortho intramolecular Hbond substituents is 1. The van der Waals surface area contributed by atoms with Gasteiger partial charge in [-0.25, -0.2) is 0 Å². The minimum absolute atomic E-state index is 0.104. The average Bonchev–Trinajstić information content (AvgIpc) is 2.36. The normalized spacial score (nSPS) is 21.6. The summed E-state index contributed by atoms with van der Waals surface area (Å²) in [6, 6.07) is 5.19. The zero-order chi connectivity index (χ0) is 14.0. The van der Waals surface area contributed by atoms with Crippen LogP contribution < -0.4 is 10.5 Å². The van der Waals surface area contributed by atoms with E-state index in [1.54, 1.807) is 30.1 Å². The van der Waals surface area contributed by atoms with Crippen LogP contribution in [-0.2, 0) is 0 Å². The highest BCUT2D eigenvalue weighted by atomic mass is 16.5. The lowest BCUT2D eigenvalue weighted by atomic mass is 9.80. The van der Waals surface area contributed by atoms with Gasteiger partial charge in [-0.1, -0.05) is 6.07 Å². The van der Waals surface area contributed by atoms with E-state index in [9.17, 15) is 9.90 Å². The molecule has 0 radical (unpaired) electrons. The molecule has 0 aliphatic heterocycles. The van der Waals surface area contributed by atoms with Gasteiger partial charge in [-0.3, -0.25) is 4.79 Å². The third-order valence-electron chi connectivity index (χ3n) is 3.60. The fraction of sp³-hybridized carbons (Fsp3) is 0.500. The minimum atomic E-state index is -0.197. The van der Waals surface area contributed by atoms with Crippen LogP contribution in [0.3, 0.4) is 0 Å². The summed E-state index contributed by atoms with van der Waals surface area (Å²) in [6.07, 6.45) is 1.92. The van der Waals surface area contributed by atoms with Crippen molar-refractivity contribution in [1.29, 1.82) is 0 Å². The molecule has 3 N–H and O–H groups in total. The summed E-state index contributed by atoms with van der Waals surface area (Å²) in [7, 11) is 3.20. The van der Waals surface area contributed by atoms with Crippen LogP contribution in [0, 0.1) is 5.92 Å². The van der Waals surface area contributed by atoms with E-state index in [1.165, 1.54) is 7.11 Å². The summed E-state index contributed by atoms with van der Waals surface area (Å²) >= 11 is 0. The number of nitrogens with two attached hydrogens (primary N) is 1. The van der Waals surface area contributed by atoms with Crippen LogP contribution in [0.2, 0.25) is 0 Å². The second-order valence-corrected chi connectivity index (χ2v) is 5.14. The Morgan fingerprint density at radius 3 is 2.79 bits per heavy atom. The molecule has 19 heavy (non-hydrogen) atoms. The molecular formula is C14H20N2O3. The van der Waals surface area contributed by atoms with Crippen molar-refractivity contribution in [1.82, 2.24) is 4.90 Å². The van der Waals surface area contributed by atoms with Crippen molar-refractivity contribution in [2.45, 2.75) is 18.9 Å². The zero-order valence-corrected chi connectivity index (χ0v) is 11.3. The Morgan fingerprint density at radius 2 is 2.21 bits per heavy atom. The summed E-state index contributed by atoms with van der Waals surface area (Å²) in [5, 5.41) is 9.96. The monoisotopic (exact) mass is 264 g/mol. The van der Waals surface area contributed by atoms with Gasteiger partial charge in [-0.2, -0.15) is 0 Å². The number of aromatic hydroxyl groups is 1. The minimum Gasteiger partial charge on any atom is -0.504 e. The maximum atomic E-state index is 12.3. The molecule has 1 aromatic carbocycles. The third kappa shape index (κ3) is 2.81. The first kappa shape index (κ1) is 13.7. The lowest BCUT2D eigenvalue weighted by Gasteiger charge is -2.35. The van der Waals surface area contributed by atoms with Gasteiger partial charge in [0.15, 0.2) is 11.5 Å². The Morgan fingerprint density at radius 1 is 1.53 bits per heavy atom. The molecule has 5 heteroatoms. The second kappa shape index (κ2) is 5.48. The van der Waals surface area contributed by atoms with E-state index in [4.69, 9.17) is 10.5 Å². The molecule has 0 aromatic heterocycles. The molecule has 1 aromatic rings. The van der Waals surface area contributed by atoms with Crippen LogP contribution in [0.15, 0.2) is 18.2 Å². The van der Waals surface area contributed by atoms with E-state index in [1.807, 2.05) is 0 Å². The van der Waals surface area contributed by atoms with Crippen LogP contribution in [-0.4, -0.2) is 42.7 Å². The van der Waals surface area contributed by atoms with E-state index >= 15 is 0 Å². The van der Waals surface area contributed by atoms with Crippen LogP contribution in [0.1, 0.15) is 23.2 Å². The lowest BCUT2D eigenvalue weighted by molar-refractivity contribution is 0.0730. The molecule has 1 aliphatic carbocycles. The number of hydrogen-bond acceptors (Lipinski definition) is 4. The number of carbonyl (C=O) groups is 1. The Balaban J connectivity index is 2.06. The maximum absolute atomic E-state index is 12.3. The third-order valence-corrected chi connectivity index (χ3v) is 3.60. The van der Waals surface area contributed by atoms with Crippen LogP contribution in [0.25, 0.3) is 0 Å². The van der Waals surface area contributed by atoms with E-state index in [0.717, 1.165) is 12.8 Å². The predicted molar refractivity (Wildman–Crippen MR) is 72.3 cm³/mol. The molecular weight excluding hydrogens is 244 g/mol. The van der Waals surface area contributed by atoms with Crippen molar-refractivity contribution in [2.24, 2.45) is 11.7 Å². The molecule has 104 valence electrons. The van der Waals surface area contributed by atoms with Crippen molar-refractivity contribution >= 4 is 5.91 Å². The first-order valence-corrected chi connectivity index (χ1v) is 6.40. The highest BCUT2D eigenvalue weighted by molar-refractivity contribution is 5.97. The van der Waals surface area contributed by atoms with Crippen molar-refractivity contribution in [2.75, 3.05) is 20.7 Å². The molecule has 0 atom stereocenters. The van der Waals surface area contributed by atoms with E-state index in [0.29, 0.717) is 18.2 Å². The lowest BCUT2D eigenvalue weighted by Crippen LogP contribution is -2.43. The van der Waals surface area contributed by atoms with Gasteiger partial charge >= 0.3 is 0 Å². The van der Waals surface area contributed by atoms with Gasteiger partial charge in [-0.05, 0) is 30.9 Å².